The number of aromatic amines is 1. The van der Waals surface area contributed by atoms with Gasteiger partial charge in [0.2, 0.25) is 11.5 Å². The highest BCUT2D eigenvalue weighted by molar-refractivity contribution is 9.10. The van der Waals surface area contributed by atoms with E-state index in [1.807, 2.05) is 24.3 Å². The lowest BCUT2D eigenvalue weighted by Gasteiger charge is -2.05. The zero-order chi connectivity index (χ0) is 13.7. The van der Waals surface area contributed by atoms with Crippen molar-refractivity contribution in [3.05, 3.63) is 68.5 Å². The molecule has 0 fully saturated rings. The number of benzene rings is 1. The average Bonchev–Trinajstić information content (AvgIpc) is 2.41. The van der Waals surface area contributed by atoms with Crippen LogP contribution in [0.5, 0.6) is 0 Å². The third kappa shape index (κ3) is 4.37. The van der Waals surface area contributed by atoms with Gasteiger partial charge >= 0.3 is 0 Å². The molecule has 0 unspecified atom stereocenters. The number of hydrogen-bond acceptors (Lipinski definition) is 2. The van der Waals surface area contributed by atoms with Crippen molar-refractivity contribution in [1.82, 2.24) is 10.3 Å². The van der Waals surface area contributed by atoms with E-state index in [1.165, 1.54) is 6.07 Å². The van der Waals surface area contributed by atoms with Gasteiger partial charge in [0.15, 0.2) is 0 Å². The molecule has 0 aliphatic rings. The summed E-state index contributed by atoms with van der Waals surface area (Å²) in [6, 6.07) is 10.8. The quantitative estimate of drug-likeness (QED) is 0.905. The number of aromatic nitrogens is 1. The molecule has 2 aromatic rings. The first-order chi connectivity index (χ1) is 9.13. The Morgan fingerprint density at radius 2 is 1.79 bits per heavy atom. The van der Waals surface area contributed by atoms with E-state index < -0.39 is 0 Å². The Kier molecular flexibility index (Phi) is 4.52. The molecule has 0 radical (unpaired) electrons. The molecule has 0 aliphatic carbocycles. The van der Waals surface area contributed by atoms with E-state index in [1.54, 1.807) is 12.3 Å². The molecule has 1 aromatic heterocycles. The second-order valence-electron chi connectivity index (χ2n) is 4.14. The van der Waals surface area contributed by atoms with Crippen LogP contribution in [0.3, 0.4) is 0 Å². The number of H-pyrrole nitrogens is 1. The summed E-state index contributed by atoms with van der Waals surface area (Å²) >= 11 is 3.35. The molecule has 2 N–H and O–H groups in total. The van der Waals surface area contributed by atoms with Crippen LogP contribution < -0.4 is 10.9 Å². The average molecular weight is 321 g/mol. The van der Waals surface area contributed by atoms with Gasteiger partial charge in [-0.05, 0) is 23.3 Å². The molecule has 0 saturated carbocycles. The van der Waals surface area contributed by atoms with Gasteiger partial charge in [0.25, 0.3) is 0 Å². The highest BCUT2D eigenvalue weighted by atomic mass is 79.9. The number of halogens is 1. The van der Waals surface area contributed by atoms with Gasteiger partial charge in [0.1, 0.15) is 0 Å². The maximum atomic E-state index is 11.7. The topological polar surface area (TPSA) is 62.0 Å². The summed E-state index contributed by atoms with van der Waals surface area (Å²) in [5.41, 5.74) is 1.68. The molecule has 4 nitrogen and oxygen atoms in total. The van der Waals surface area contributed by atoms with Crippen molar-refractivity contribution in [2.45, 2.75) is 13.0 Å². The van der Waals surface area contributed by atoms with Crippen molar-refractivity contribution in [3.8, 4) is 0 Å². The maximum absolute atomic E-state index is 11.7. The van der Waals surface area contributed by atoms with E-state index >= 15 is 0 Å². The maximum Gasteiger partial charge on any atom is 0.247 e. The van der Waals surface area contributed by atoms with Crippen LogP contribution in [0.1, 0.15) is 11.1 Å². The van der Waals surface area contributed by atoms with Gasteiger partial charge in [0.05, 0.1) is 6.42 Å². The third-order valence-electron chi connectivity index (χ3n) is 2.62. The van der Waals surface area contributed by atoms with Crippen molar-refractivity contribution in [1.29, 1.82) is 0 Å². The van der Waals surface area contributed by atoms with Gasteiger partial charge in [-0.15, -0.1) is 0 Å². The Labute approximate surface area is 119 Å². The van der Waals surface area contributed by atoms with Crippen LogP contribution in [0, 0.1) is 0 Å². The predicted molar refractivity (Wildman–Crippen MR) is 76.8 cm³/mol. The number of amides is 1. The first-order valence-corrected chi connectivity index (χ1v) is 6.61. The van der Waals surface area contributed by atoms with Crippen molar-refractivity contribution >= 4 is 21.8 Å². The van der Waals surface area contributed by atoms with Crippen molar-refractivity contribution in [2.75, 3.05) is 0 Å². The fourth-order valence-electron chi connectivity index (χ4n) is 1.60. The summed E-state index contributed by atoms with van der Waals surface area (Å²) in [4.78, 5) is 25.2. The molecule has 1 amide bonds. The van der Waals surface area contributed by atoms with Crippen LogP contribution in [-0.4, -0.2) is 10.9 Å². The molecular weight excluding hydrogens is 308 g/mol. The molecule has 0 spiro atoms. The number of rotatable bonds is 4. The second kappa shape index (κ2) is 6.33. The molecule has 19 heavy (non-hydrogen) atoms. The summed E-state index contributed by atoms with van der Waals surface area (Å²) in [5.74, 6) is -0.0477. The van der Waals surface area contributed by atoms with Crippen LogP contribution in [0.15, 0.2) is 51.9 Å². The lowest BCUT2D eigenvalue weighted by Crippen LogP contribution is -2.24. The van der Waals surface area contributed by atoms with Gasteiger partial charge in [-0.25, -0.2) is 0 Å². The summed E-state index contributed by atoms with van der Waals surface area (Å²) < 4.78 is 0.991. The van der Waals surface area contributed by atoms with Crippen molar-refractivity contribution < 1.29 is 4.79 Å². The van der Waals surface area contributed by atoms with Crippen LogP contribution in [0.25, 0.3) is 0 Å². The minimum absolute atomic E-state index is 0.0477. The van der Waals surface area contributed by atoms with E-state index in [-0.39, 0.29) is 11.5 Å². The fourth-order valence-corrected chi connectivity index (χ4v) is 1.87. The first-order valence-electron chi connectivity index (χ1n) is 5.82. The van der Waals surface area contributed by atoms with Crippen LogP contribution >= 0.6 is 15.9 Å². The van der Waals surface area contributed by atoms with E-state index in [2.05, 4.69) is 26.2 Å². The number of hydrogen-bond donors (Lipinski definition) is 2. The Morgan fingerprint density at radius 1 is 1.11 bits per heavy atom. The Bertz CT molecular complexity index is 600. The molecule has 1 aromatic carbocycles. The number of nitrogens with one attached hydrogen (secondary N) is 2. The molecule has 1 heterocycles. The Balaban J connectivity index is 1.86. The molecule has 2 rings (SSSR count). The summed E-state index contributed by atoms with van der Waals surface area (Å²) in [6.45, 7) is 0.409. The molecule has 0 saturated heterocycles. The number of pyridine rings is 1. The number of carbonyl (C=O) groups is 1. The molecular formula is C14H13BrN2O2. The van der Waals surface area contributed by atoms with Gasteiger partial charge < -0.3 is 10.3 Å². The Morgan fingerprint density at radius 3 is 2.42 bits per heavy atom. The van der Waals surface area contributed by atoms with Gasteiger partial charge in [0, 0.05) is 23.3 Å². The molecule has 0 aliphatic heterocycles. The summed E-state index contributed by atoms with van der Waals surface area (Å²) in [5, 5.41) is 2.81. The third-order valence-corrected chi connectivity index (χ3v) is 3.14. The second-order valence-corrected chi connectivity index (χ2v) is 5.06. The SMILES string of the molecule is O=C(Cc1ccc(Br)cc1)NCc1ccc(=O)[nH]c1. The van der Waals surface area contributed by atoms with Gasteiger partial charge in [-0.1, -0.05) is 34.1 Å². The highest BCUT2D eigenvalue weighted by Gasteiger charge is 2.03. The fraction of sp³-hybridized carbons (Fsp3) is 0.143. The van der Waals surface area contributed by atoms with E-state index in [9.17, 15) is 9.59 Å². The van der Waals surface area contributed by atoms with E-state index in [4.69, 9.17) is 0 Å². The highest BCUT2D eigenvalue weighted by Crippen LogP contribution is 2.10. The van der Waals surface area contributed by atoms with E-state index in [0.29, 0.717) is 13.0 Å². The van der Waals surface area contributed by atoms with Crippen LogP contribution in [-0.2, 0) is 17.8 Å². The molecule has 0 bridgehead atoms. The molecule has 98 valence electrons. The summed E-state index contributed by atoms with van der Waals surface area (Å²) in [6.07, 6.45) is 1.94. The minimum atomic E-state index is -0.148. The normalized spacial score (nSPS) is 10.2. The summed E-state index contributed by atoms with van der Waals surface area (Å²) in [7, 11) is 0. The zero-order valence-corrected chi connectivity index (χ0v) is 11.7. The standard InChI is InChI=1S/C14H13BrN2O2/c15-12-4-1-10(2-5-12)7-14(19)17-9-11-3-6-13(18)16-8-11/h1-6,8H,7,9H2,(H,16,18)(H,17,19). The lowest BCUT2D eigenvalue weighted by molar-refractivity contribution is -0.120. The minimum Gasteiger partial charge on any atom is -0.352 e. The molecule has 0 atom stereocenters. The van der Waals surface area contributed by atoms with Gasteiger partial charge in [-0.2, -0.15) is 0 Å². The van der Waals surface area contributed by atoms with Crippen molar-refractivity contribution in [3.63, 3.8) is 0 Å². The lowest BCUT2D eigenvalue weighted by atomic mass is 10.1. The number of carbonyl (C=O) groups excluding carboxylic acids is 1. The zero-order valence-electron chi connectivity index (χ0n) is 10.2. The predicted octanol–water partition coefficient (Wildman–Crippen LogP) is 2.00. The smallest absolute Gasteiger partial charge is 0.247 e. The molecule has 5 heteroatoms. The Hall–Kier alpha value is -1.88. The first kappa shape index (κ1) is 13.5. The largest absolute Gasteiger partial charge is 0.352 e. The van der Waals surface area contributed by atoms with Crippen molar-refractivity contribution in [2.24, 2.45) is 0 Å². The van der Waals surface area contributed by atoms with Crippen LogP contribution in [0.4, 0.5) is 0 Å². The van der Waals surface area contributed by atoms with E-state index in [0.717, 1.165) is 15.6 Å². The van der Waals surface area contributed by atoms with Gasteiger partial charge in [-0.3, -0.25) is 9.59 Å². The monoisotopic (exact) mass is 320 g/mol. The van der Waals surface area contributed by atoms with Crippen LogP contribution in [0.2, 0.25) is 0 Å².